The van der Waals surface area contributed by atoms with Crippen molar-refractivity contribution in [2.24, 2.45) is 5.92 Å². The van der Waals surface area contributed by atoms with Crippen LogP contribution in [0, 0.1) is 18.7 Å². The lowest BCUT2D eigenvalue weighted by Crippen LogP contribution is -2.30. The largest absolute Gasteiger partial charge is 0.316 e. The number of hydrogen-bond donors (Lipinski definition) is 1. The highest BCUT2D eigenvalue weighted by atomic mass is 19.1. The van der Waals surface area contributed by atoms with Crippen LogP contribution in [0.5, 0.6) is 0 Å². The van der Waals surface area contributed by atoms with Crippen LogP contribution in [0.2, 0.25) is 0 Å². The van der Waals surface area contributed by atoms with E-state index in [0.29, 0.717) is 11.8 Å². The minimum absolute atomic E-state index is 0.0157. The van der Waals surface area contributed by atoms with Gasteiger partial charge in [-0.15, -0.1) is 0 Å². The number of rotatable bonds is 5. The van der Waals surface area contributed by atoms with Crippen molar-refractivity contribution >= 4 is 0 Å². The summed E-state index contributed by atoms with van der Waals surface area (Å²) in [4.78, 5) is 0. The van der Waals surface area contributed by atoms with E-state index in [9.17, 15) is 4.39 Å². The molecule has 1 aromatic carbocycles. The highest BCUT2D eigenvalue weighted by Gasteiger charge is 2.28. The van der Waals surface area contributed by atoms with Gasteiger partial charge >= 0.3 is 0 Å². The fourth-order valence-electron chi connectivity index (χ4n) is 3.27. The Morgan fingerprint density at radius 3 is 2.84 bits per heavy atom. The van der Waals surface area contributed by atoms with Crippen molar-refractivity contribution < 1.29 is 4.39 Å². The summed E-state index contributed by atoms with van der Waals surface area (Å²) in [6, 6.07) is 5.56. The predicted molar refractivity (Wildman–Crippen MR) is 79.0 cm³/mol. The van der Waals surface area contributed by atoms with Crippen LogP contribution in [-0.4, -0.2) is 13.1 Å². The Kier molecular flexibility index (Phi) is 5.38. The van der Waals surface area contributed by atoms with Gasteiger partial charge in [0.05, 0.1) is 0 Å². The molecule has 1 aliphatic carbocycles. The number of halogens is 1. The summed E-state index contributed by atoms with van der Waals surface area (Å²) in [5, 5.41) is 3.52. The first kappa shape index (κ1) is 14.5. The number of nitrogens with one attached hydrogen (secondary N) is 1. The second-order valence-electron chi connectivity index (χ2n) is 5.88. The van der Waals surface area contributed by atoms with E-state index in [0.717, 1.165) is 31.5 Å². The minimum atomic E-state index is -0.0157. The first-order chi connectivity index (χ1) is 9.22. The van der Waals surface area contributed by atoms with Crippen molar-refractivity contribution in [2.75, 3.05) is 13.1 Å². The van der Waals surface area contributed by atoms with Crippen LogP contribution >= 0.6 is 0 Å². The molecule has 1 nitrogen and oxygen atoms in total. The maximum atomic E-state index is 14.1. The average Bonchev–Trinajstić information content (AvgIpc) is 2.42. The molecule has 0 bridgehead atoms. The zero-order valence-corrected chi connectivity index (χ0v) is 12.2. The Morgan fingerprint density at radius 1 is 1.26 bits per heavy atom. The quantitative estimate of drug-likeness (QED) is 0.776. The summed E-state index contributed by atoms with van der Waals surface area (Å²) in [6.07, 6.45) is 6.06. The summed E-state index contributed by atoms with van der Waals surface area (Å²) in [5.74, 6) is 0.979. The van der Waals surface area contributed by atoms with Gasteiger partial charge in [0.25, 0.3) is 0 Å². The van der Waals surface area contributed by atoms with Crippen molar-refractivity contribution in [3.05, 3.63) is 35.1 Å². The average molecular weight is 263 g/mol. The van der Waals surface area contributed by atoms with Crippen molar-refractivity contribution in [3.63, 3.8) is 0 Å². The van der Waals surface area contributed by atoms with Crippen LogP contribution in [-0.2, 0) is 0 Å². The second kappa shape index (κ2) is 7.04. The van der Waals surface area contributed by atoms with E-state index in [1.54, 1.807) is 6.07 Å². The van der Waals surface area contributed by atoms with Crippen LogP contribution in [0.3, 0.4) is 0 Å². The molecule has 0 heterocycles. The van der Waals surface area contributed by atoms with E-state index >= 15 is 0 Å². The van der Waals surface area contributed by atoms with Crippen LogP contribution in [0.4, 0.5) is 4.39 Å². The zero-order valence-electron chi connectivity index (χ0n) is 12.2. The van der Waals surface area contributed by atoms with Crippen molar-refractivity contribution in [1.29, 1.82) is 0 Å². The summed E-state index contributed by atoms with van der Waals surface area (Å²) in [7, 11) is 0. The first-order valence-corrected chi connectivity index (χ1v) is 7.69. The molecule has 1 aromatic rings. The van der Waals surface area contributed by atoms with Gasteiger partial charge in [0.1, 0.15) is 5.82 Å². The molecule has 2 heteroatoms. The molecule has 0 aliphatic heterocycles. The second-order valence-corrected chi connectivity index (χ2v) is 5.88. The zero-order chi connectivity index (χ0) is 13.7. The molecule has 0 radical (unpaired) electrons. The topological polar surface area (TPSA) is 12.0 Å². The summed E-state index contributed by atoms with van der Waals surface area (Å²) >= 11 is 0. The lowest BCUT2D eigenvalue weighted by atomic mass is 9.75. The number of hydrogen-bond acceptors (Lipinski definition) is 1. The maximum Gasteiger partial charge on any atom is 0.126 e. The first-order valence-electron chi connectivity index (χ1n) is 7.69. The number of benzene rings is 1. The van der Waals surface area contributed by atoms with E-state index in [1.807, 2.05) is 6.07 Å². The molecule has 2 atom stereocenters. The Bertz CT molecular complexity index is 402. The monoisotopic (exact) mass is 263 g/mol. The molecule has 1 fully saturated rings. The third-order valence-electron chi connectivity index (χ3n) is 4.29. The molecule has 19 heavy (non-hydrogen) atoms. The smallest absolute Gasteiger partial charge is 0.126 e. The third kappa shape index (κ3) is 3.79. The molecule has 0 saturated heterocycles. The van der Waals surface area contributed by atoms with Gasteiger partial charge in [-0.3, -0.25) is 0 Å². The van der Waals surface area contributed by atoms with E-state index in [2.05, 4.69) is 25.2 Å². The summed E-state index contributed by atoms with van der Waals surface area (Å²) in [6.45, 7) is 6.34. The van der Waals surface area contributed by atoms with Crippen LogP contribution in [0.1, 0.15) is 56.1 Å². The molecule has 0 amide bonds. The Morgan fingerprint density at radius 2 is 2.05 bits per heavy atom. The minimum Gasteiger partial charge on any atom is -0.316 e. The molecule has 2 unspecified atom stereocenters. The van der Waals surface area contributed by atoms with E-state index in [1.165, 1.54) is 24.8 Å². The third-order valence-corrected chi connectivity index (χ3v) is 4.29. The normalized spacial score (nSPS) is 23.5. The highest BCUT2D eigenvalue weighted by Crippen LogP contribution is 2.38. The Labute approximate surface area is 116 Å². The Hall–Kier alpha value is -0.890. The molecule has 0 spiro atoms. The summed E-state index contributed by atoms with van der Waals surface area (Å²) in [5.41, 5.74) is 2.12. The van der Waals surface area contributed by atoms with Gasteiger partial charge in [0, 0.05) is 0 Å². The van der Waals surface area contributed by atoms with Gasteiger partial charge < -0.3 is 5.32 Å². The molecule has 1 aliphatic rings. The summed E-state index contributed by atoms with van der Waals surface area (Å²) < 4.78 is 14.1. The van der Waals surface area contributed by atoms with Gasteiger partial charge in [0.15, 0.2) is 0 Å². The van der Waals surface area contributed by atoms with E-state index < -0.39 is 0 Å². The van der Waals surface area contributed by atoms with Gasteiger partial charge in [-0.25, -0.2) is 4.39 Å². The number of aryl methyl sites for hydroxylation is 1. The molecule has 1 N–H and O–H groups in total. The van der Waals surface area contributed by atoms with E-state index in [-0.39, 0.29) is 5.82 Å². The molecule has 2 rings (SSSR count). The molecule has 0 aromatic heterocycles. The van der Waals surface area contributed by atoms with Crippen LogP contribution in [0.25, 0.3) is 0 Å². The van der Waals surface area contributed by atoms with Crippen LogP contribution in [0.15, 0.2) is 18.2 Å². The highest BCUT2D eigenvalue weighted by molar-refractivity contribution is 5.28. The fourth-order valence-corrected chi connectivity index (χ4v) is 3.27. The Balaban J connectivity index is 2.11. The lowest BCUT2D eigenvalue weighted by Gasteiger charge is -2.32. The van der Waals surface area contributed by atoms with E-state index in [4.69, 9.17) is 0 Å². The van der Waals surface area contributed by atoms with Gasteiger partial charge in [0.2, 0.25) is 0 Å². The SMILES string of the molecule is CCCNCC1CCCCC1c1cc(C)ccc1F. The maximum absolute atomic E-state index is 14.1. The lowest BCUT2D eigenvalue weighted by molar-refractivity contribution is 0.290. The van der Waals surface area contributed by atoms with Gasteiger partial charge in [-0.05, 0) is 62.7 Å². The molecular formula is C17H26FN. The van der Waals surface area contributed by atoms with Gasteiger partial charge in [-0.2, -0.15) is 0 Å². The van der Waals surface area contributed by atoms with Crippen molar-refractivity contribution in [2.45, 2.75) is 51.9 Å². The van der Waals surface area contributed by atoms with Crippen molar-refractivity contribution in [1.82, 2.24) is 5.32 Å². The van der Waals surface area contributed by atoms with Crippen LogP contribution < -0.4 is 5.32 Å². The molecule has 1 saturated carbocycles. The molecular weight excluding hydrogens is 237 g/mol. The fraction of sp³-hybridized carbons (Fsp3) is 0.647. The van der Waals surface area contributed by atoms with Crippen molar-refractivity contribution in [3.8, 4) is 0 Å². The standard InChI is InChI=1S/C17H26FN/c1-3-10-19-12-14-6-4-5-7-15(14)16-11-13(2)8-9-17(16)18/h8-9,11,14-15,19H,3-7,10,12H2,1-2H3. The van der Waals surface area contributed by atoms with Gasteiger partial charge in [-0.1, -0.05) is 37.5 Å². The molecule has 106 valence electrons. The predicted octanol–water partition coefficient (Wildman–Crippen LogP) is 4.41.